The van der Waals surface area contributed by atoms with Gasteiger partial charge in [-0.25, -0.2) is 0 Å². The molecular formula is C14H19N3O3S. The van der Waals surface area contributed by atoms with Gasteiger partial charge in [-0.15, -0.1) is 0 Å². The summed E-state index contributed by atoms with van der Waals surface area (Å²) in [5.74, 6) is 3.33. The molecule has 0 bridgehead atoms. The fourth-order valence-corrected chi connectivity index (χ4v) is 3.38. The minimum Gasteiger partial charge on any atom is -0.454 e. The average Bonchev–Trinajstić information content (AvgIpc) is 2.94. The van der Waals surface area contributed by atoms with Crippen molar-refractivity contribution in [1.82, 2.24) is 10.2 Å². The molecule has 0 aromatic heterocycles. The Morgan fingerprint density at radius 2 is 2.00 bits per heavy atom. The summed E-state index contributed by atoms with van der Waals surface area (Å²) in [6.07, 6.45) is 0. The molecule has 1 saturated heterocycles. The molecule has 0 saturated carbocycles. The molecule has 7 heteroatoms. The number of nitrogens with two attached hydrogens (primary N) is 1. The number of benzene rings is 1. The minimum atomic E-state index is -0.169. The second-order valence-electron chi connectivity index (χ2n) is 5.00. The number of carbonyl (C=O) groups excluding carboxylic acids is 1. The van der Waals surface area contributed by atoms with Crippen molar-refractivity contribution in [2.45, 2.75) is 0 Å². The average molecular weight is 309 g/mol. The number of fused-ring (bicyclic) bond motifs is 1. The first-order valence-electron chi connectivity index (χ1n) is 7.01. The molecule has 114 valence electrons. The normalized spacial score (nSPS) is 17.7. The Labute approximate surface area is 128 Å². The topological polar surface area (TPSA) is 76.8 Å². The lowest BCUT2D eigenvalue weighted by atomic mass is 10.1. The van der Waals surface area contributed by atoms with Crippen LogP contribution in [0.3, 0.4) is 0 Å². The Hall–Kier alpha value is -1.60. The predicted octanol–water partition coefficient (Wildman–Crippen LogP) is 0.776. The van der Waals surface area contributed by atoms with E-state index in [-0.39, 0.29) is 12.7 Å². The van der Waals surface area contributed by atoms with Crippen molar-refractivity contribution in [2.75, 3.05) is 50.2 Å². The van der Waals surface area contributed by atoms with Gasteiger partial charge in [0.15, 0.2) is 11.5 Å². The molecule has 6 nitrogen and oxygen atoms in total. The fourth-order valence-electron chi connectivity index (χ4n) is 2.40. The van der Waals surface area contributed by atoms with E-state index in [0.717, 1.165) is 19.6 Å². The maximum Gasteiger partial charge on any atom is 0.253 e. The smallest absolute Gasteiger partial charge is 0.253 e. The monoisotopic (exact) mass is 309 g/mol. The molecule has 0 spiro atoms. The Morgan fingerprint density at radius 3 is 2.76 bits per heavy atom. The molecule has 1 aromatic carbocycles. The maximum atomic E-state index is 12.2. The Balaban J connectivity index is 1.55. The van der Waals surface area contributed by atoms with Gasteiger partial charge < -0.3 is 20.5 Å². The van der Waals surface area contributed by atoms with Crippen molar-refractivity contribution in [1.29, 1.82) is 0 Å². The predicted molar refractivity (Wildman–Crippen MR) is 83.1 cm³/mol. The summed E-state index contributed by atoms with van der Waals surface area (Å²) in [5, 5.41) is 2.91. The van der Waals surface area contributed by atoms with Crippen LogP contribution in [-0.4, -0.2) is 55.3 Å². The number of nitrogen functional groups attached to an aromatic ring is 1. The van der Waals surface area contributed by atoms with Crippen molar-refractivity contribution in [2.24, 2.45) is 0 Å². The van der Waals surface area contributed by atoms with Crippen LogP contribution in [0.1, 0.15) is 10.4 Å². The molecule has 1 fully saturated rings. The van der Waals surface area contributed by atoms with Crippen molar-refractivity contribution in [3.8, 4) is 11.5 Å². The van der Waals surface area contributed by atoms with Crippen LogP contribution in [0.25, 0.3) is 0 Å². The zero-order chi connectivity index (χ0) is 14.7. The zero-order valence-corrected chi connectivity index (χ0v) is 12.6. The van der Waals surface area contributed by atoms with Crippen LogP contribution in [0, 0.1) is 0 Å². The van der Waals surface area contributed by atoms with Gasteiger partial charge in [0.05, 0.1) is 5.56 Å². The number of amides is 1. The number of ether oxygens (including phenoxy) is 2. The number of carbonyl (C=O) groups is 1. The summed E-state index contributed by atoms with van der Waals surface area (Å²) >= 11 is 1.98. The van der Waals surface area contributed by atoms with E-state index in [2.05, 4.69) is 10.2 Å². The van der Waals surface area contributed by atoms with Gasteiger partial charge in [0.2, 0.25) is 6.79 Å². The SMILES string of the molecule is Nc1cc2c(cc1C(=O)NCCN1CCSCC1)OCO2. The first kappa shape index (κ1) is 14.3. The summed E-state index contributed by atoms with van der Waals surface area (Å²) < 4.78 is 10.5. The second kappa shape index (κ2) is 6.44. The number of rotatable bonds is 4. The van der Waals surface area contributed by atoms with Crippen LogP contribution in [0.5, 0.6) is 11.5 Å². The molecule has 21 heavy (non-hydrogen) atoms. The van der Waals surface area contributed by atoms with E-state index in [1.54, 1.807) is 12.1 Å². The van der Waals surface area contributed by atoms with Crippen LogP contribution in [0.4, 0.5) is 5.69 Å². The van der Waals surface area contributed by atoms with Crippen LogP contribution >= 0.6 is 11.8 Å². The number of hydrogen-bond donors (Lipinski definition) is 2. The Kier molecular flexibility index (Phi) is 4.40. The third-order valence-electron chi connectivity index (χ3n) is 3.61. The highest BCUT2D eigenvalue weighted by Gasteiger charge is 2.19. The van der Waals surface area contributed by atoms with E-state index in [9.17, 15) is 4.79 Å². The van der Waals surface area contributed by atoms with E-state index in [1.807, 2.05) is 11.8 Å². The van der Waals surface area contributed by atoms with Crippen molar-refractivity contribution < 1.29 is 14.3 Å². The third-order valence-corrected chi connectivity index (χ3v) is 4.55. The lowest BCUT2D eigenvalue weighted by molar-refractivity contribution is 0.0949. The van der Waals surface area contributed by atoms with Gasteiger partial charge in [0.25, 0.3) is 5.91 Å². The molecule has 0 aliphatic carbocycles. The standard InChI is InChI=1S/C14H19N3O3S/c15-11-8-13-12(19-9-20-13)7-10(11)14(18)16-1-2-17-3-5-21-6-4-17/h7-8H,1-6,9,15H2,(H,16,18). The molecule has 0 unspecified atom stereocenters. The van der Waals surface area contributed by atoms with Gasteiger partial charge in [0.1, 0.15) is 0 Å². The molecule has 0 radical (unpaired) electrons. The van der Waals surface area contributed by atoms with Crippen LogP contribution in [0.2, 0.25) is 0 Å². The van der Waals surface area contributed by atoms with Crippen LogP contribution in [-0.2, 0) is 0 Å². The number of anilines is 1. The lowest BCUT2D eigenvalue weighted by Gasteiger charge is -2.26. The minimum absolute atomic E-state index is 0.169. The van der Waals surface area contributed by atoms with E-state index >= 15 is 0 Å². The third kappa shape index (κ3) is 3.36. The maximum absolute atomic E-state index is 12.2. The Bertz CT molecular complexity index is 532. The van der Waals surface area contributed by atoms with Gasteiger partial charge in [-0.1, -0.05) is 0 Å². The van der Waals surface area contributed by atoms with Crippen LogP contribution in [0.15, 0.2) is 12.1 Å². The van der Waals surface area contributed by atoms with E-state index in [1.165, 1.54) is 11.5 Å². The number of nitrogens with one attached hydrogen (secondary N) is 1. The zero-order valence-electron chi connectivity index (χ0n) is 11.8. The highest BCUT2D eigenvalue weighted by atomic mass is 32.2. The molecule has 2 aliphatic rings. The first-order valence-corrected chi connectivity index (χ1v) is 8.17. The quantitative estimate of drug-likeness (QED) is 0.800. The molecule has 0 atom stereocenters. The van der Waals surface area contributed by atoms with E-state index in [4.69, 9.17) is 15.2 Å². The van der Waals surface area contributed by atoms with Crippen molar-refractivity contribution in [3.63, 3.8) is 0 Å². The van der Waals surface area contributed by atoms with Gasteiger partial charge in [0, 0.05) is 49.4 Å². The summed E-state index contributed by atoms with van der Waals surface area (Å²) in [6, 6.07) is 3.28. The van der Waals surface area contributed by atoms with Gasteiger partial charge >= 0.3 is 0 Å². The van der Waals surface area contributed by atoms with Gasteiger partial charge in [-0.05, 0) is 6.07 Å². The summed E-state index contributed by atoms with van der Waals surface area (Å²) in [4.78, 5) is 14.6. The summed E-state index contributed by atoms with van der Waals surface area (Å²) in [5.41, 5.74) is 6.75. The van der Waals surface area contributed by atoms with Crippen LogP contribution < -0.4 is 20.5 Å². The molecule has 1 aromatic rings. The summed E-state index contributed by atoms with van der Waals surface area (Å²) in [6.45, 7) is 3.85. The second-order valence-corrected chi connectivity index (χ2v) is 6.23. The molecule has 3 rings (SSSR count). The summed E-state index contributed by atoms with van der Waals surface area (Å²) in [7, 11) is 0. The number of nitrogens with zero attached hydrogens (tertiary/aromatic N) is 1. The largest absolute Gasteiger partial charge is 0.454 e. The lowest BCUT2D eigenvalue weighted by Crippen LogP contribution is -2.39. The first-order chi connectivity index (χ1) is 10.2. The molecule has 2 aliphatic heterocycles. The van der Waals surface area contributed by atoms with Crippen molar-refractivity contribution >= 4 is 23.4 Å². The number of hydrogen-bond acceptors (Lipinski definition) is 6. The van der Waals surface area contributed by atoms with E-state index in [0.29, 0.717) is 29.3 Å². The Morgan fingerprint density at radius 1 is 1.29 bits per heavy atom. The van der Waals surface area contributed by atoms with E-state index < -0.39 is 0 Å². The molecule has 1 amide bonds. The highest BCUT2D eigenvalue weighted by molar-refractivity contribution is 7.99. The fraction of sp³-hybridized carbons (Fsp3) is 0.500. The molecule has 2 heterocycles. The highest BCUT2D eigenvalue weighted by Crippen LogP contribution is 2.35. The van der Waals surface area contributed by atoms with Crippen molar-refractivity contribution in [3.05, 3.63) is 17.7 Å². The van der Waals surface area contributed by atoms with Gasteiger partial charge in [-0.2, -0.15) is 11.8 Å². The molecule has 3 N–H and O–H groups in total. The molecular weight excluding hydrogens is 290 g/mol. The van der Waals surface area contributed by atoms with Gasteiger partial charge in [-0.3, -0.25) is 9.69 Å². The number of thioether (sulfide) groups is 1.